The fourth-order valence-electron chi connectivity index (χ4n) is 1.08. The second-order valence-electron chi connectivity index (χ2n) is 3.39. The molecule has 0 bridgehead atoms. The molecular weight excluding hydrogens is 210 g/mol. The normalized spacial score (nSPS) is 11.2. The molecule has 2 N–H and O–H groups in total. The van der Waals surface area contributed by atoms with Crippen molar-refractivity contribution in [3.8, 4) is 12.3 Å². The molecule has 5 heteroatoms. The number of rotatable bonds is 7. The Morgan fingerprint density at radius 3 is 2.44 bits per heavy atom. The van der Waals surface area contributed by atoms with Crippen LogP contribution in [0, 0.1) is 12.3 Å². The monoisotopic (exact) mass is 225 g/mol. The van der Waals surface area contributed by atoms with E-state index in [4.69, 9.17) is 11.5 Å². The highest BCUT2D eigenvalue weighted by atomic mass is 16.4. The van der Waals surface area contributed by atoms with Crippen LogP contribution in [-0.2, 0) is 14.4 Å². The molecular formula is C11H15NO4. The minimum absolute atomic E-state index is 0.0622. The number of ketones is 1. The highest BCUT2D eigenvalue weighted by Crippen LogP contribution is 1.98. The summed E-state index contributed by atoms with van der Waals surface area (Å²) in [7, 11) is 0. The van der Waals surface area contributed by atoms with Crippen LogP contribution in [0.2, 0.25) is 0 Å². The number of carboxylic acid groups (broad SMARTS) is 1. The van der Waals surface area contributed by atoms with Gasteiger partial charge in [0.2, 0.25) is 5.91 Å². The van der Waals surface area contributed by atoms with E-state index in [1.165, 1.54) is 6.92 Å². The zero-order valence-electron chi connectivity index (χ0n) is 9.16. The SMILES string of the molecule is C#CCC(NC(=O)CCCC(=O)O)C(C)=O. The van der Waals surface area contributed by atoms with Crippen LogP contribution in [0.25, 0.3) is 0 Å². The minimum atomic E-state index is -0.945. The average molecular weight is 225 g/mol. The van der Waals surface area contributed by atoms with Crippen molar-refractivity contribution in [1.82, 2.24) is 5.32 Å². The number of carbonyl (C=O) groups excluding carboxylic acids is 2. The Labute approximate surface area is 94.2 Å². The van der Waals surface area contributed by atoms with E-state index in [1.54, 1.807) is 0 Å². The molecule has 5 nitrogen and oxygen atoms in total. The Kier molecular flexibility index (Phi) is 6.61. The van der Waals surface area contributed by atoms with Crippen LogP contribution >= 0.6 is 0 Å². The van der Waals surface area contributed by atoms with Gasteiger partial charge in [-0.2, -0.15) is 0 Å². The zero-order chi connectivity index (χ0) is 12.6. The first-order valence-electron chi connectivity index (χ1n) is 4.92. The molecule has 1 unspecified atom stereocenters. The molecule has 0 aliphatic rings. The number of hydrogen-bond donors (Lipinski definition) is 2. The number of aliphatic carboxylic acids is 1. The molecule has 88 valence electrons. The quantitative estimate of drug-likeness (QED) is 0.612. The molecule has 0 rings (SSSR count). The van der Waals surface area contributed by atoms with Gasteiger partial charge >= 0.3 is 5.97 Å². The molecule has 0 aromatic heterocycles. The Morgan fingerprint density at radius 1 is 1.38 bits per heavy atom. The van der Waals surface area contributed by atoms with Gasteiger partial charge in [0.25, 0.3) is 0 Å². The summed E-state index contributed by atoms with van der Waals surface area (Å²) in [6.07, 6.45) is 5.48. The van der Waals surface area contributed by atoms with Crippen LogP contribution in [0.15, 0.2) is 0 Å². The first-order valence-corrected chi connectivity index (χ1v) is 4.92. The van der Waals surface area contributed by atoms with Gasteiger partial charge in [0, 0.05) is 19.3 Å². The van der Waals surface area contributed by atoms with Gasteiger partial charge in [-0.1, -0.05) is 0 Å². The number of amides is 1. The standard InChI is InChI=1S/C11H15NO4/c1-3-5-9(8(2)13)12-10(14)6-4-7-11(15)16/h1,9H,4-7H2,2H3,(H,12,14)(H,15,16). The van der Waals surface area contributed by atoms with E-state index in [0.717, 1.165) is 0 Å². The molecule has 16 heavy (non-hydrogen) atoms. The van der Waals surface area contributed by atoms with Gasteiger partial charge in [0.1, 0.15) is 0 Å². The number of carboxylic acids is 1. The van der Waals surface area contributed by atoms with Gasteiger partial charge in [0.15, 0.2) is 5.78 Å². The van der Waals surface area contributed by atoms with Crippen LogP contribution < -0.4 is 5.32 Å². The van der Waals surface area contributed by atoms with Gasteiger partial charge in [-0.25, -0.2) is 0 Å². The second-order valence-corrected chi connectivity index (χ2v) is 3.39. The molecule has 0 spiro atoms. The van der Waals surface area contributed by atoms with Crippen molar-refractivity contribution in [2.75, 3.05) is 0 Å². The second kappa shape index (κ2) is 7.46. The maximum absolute atomic E-state index is 11.3. The Balaban J connectivity index is 3.96. The molecule has 0 fully saturated rings. The van der Waals surface area contributed by atoms with Crippen molar-refractivity contribution >= 4 is 17.7 Å². The van der Waals surface area contributed by atoms with Gasteiger partial charge in [-0.15, -0.1) is 12.3 Å². The summed E-state index contributed by atoms with van der Waals surface area (Å²) in [6.45, 7) is 1.35. The number of carbonyl (C=O) groups is 3. The molecule has 0 aromatic carbocycles. The molecule has 0 aliphatic carbocycles. The lowest BCUT2D eigenvalue weighted by molar-refractivity contribution is -0.137. The number of nitrogens with one attached hydrogen (secondary N) is 1. The topological polar surface area (TPSA) is 83.5 Å². The fourth-order valence-corrected chi connectivity index (χ4v) is 1.08. The predicted octanol–water partition coefficient (Wildman–Crippen LogP) is 0.338. The van der Waals surface area contributed by atoms with Gasteiger partial charge in [0.05, 0.1) is 6.04 Å². The summed E-state index contributed by atoms with van der Waals surface area (Å²) in [5.74, 6) is 0.800. The number of terminal acetylenes is 1. The molecule has 1 atom stereocenters. The van der Waals surface area contributed by atoms with Crippen LogP contribution in [0.4, 0.5) is 0 Å². The maximum Gasteiger partial charge on any atom is 0.303 e. The fraction of sp³-hybridized carbons (Fsp3) is 0.545. The lowest BCUT2D eigenvalue weighted by Gasteiger charge is -2.12. The van der Waals surface area contributed by atoms with Crippen LogP contribution in [-0.4, -0.2) is 28.8 Å². The van der Waals surface area contributed by atoms with E-state index >= 15 is 0 Å². The smallest absolute Gasteiger partial charge is 0.303 e. The van der Waals surface area contributed by atoms with E-state index in [-0.39, 0.29) is 37.4 Å². The molecule has 0 saturated heterocycles. The van der Waals surface area contributed by atoms with E-state index in [0.29, 0.717) is 0 Å². The summed E-state index contributed by atoms with van der Waals surface area (Å²) in [6, 6.07) is -0.665. The van der Waals surface area contributed by atoms with Crippen molar-refractivity contribution in [1.29, 1.82) is 0 Å². The van der Waals surface area contributed by atoms with E-state index in [2.05, 4.69) is 11.2 Å². The van der Waals surface area contributed by atoms with Gasteiger partial charge in [-0.05, 0) is 13.3 Å². The van der Waals surface area contributed by atoms with Crippen molar-refractivity contribution in [3.05, 3.63) is 0 Å². The van der Waals surface area contributed by atoms with Gasteiger partial charge in [-0.3, -0.25) is 14.4 Å². The molecule has 0 aliphatic heterocycles. The van der Waals surface area contributed by atoms with Crippen molar-refractivity contribution in [2.24, 2.45) is 0 Å². The van der Waals surface area contributed by atoms with Crippen LogP contribution in [0.3, 0.4) is 0 Å². The molecule has 0 saturated carbocycles. The lowest BCUT2D eigenvalue weighted by atomic mass is 10.1. The average Bonchev–Trinajstić information content (AvgIpc) is 2.16. The molecule has 0 aromatic rings. The largest absolute Gasteiger partial charge is 0.481 e. The third-order valence-corrected chi connectivity index (χ3v) is 1.94. The predicted molar refractivity (Wildman–Crippen MR) is 57.5 cm³/mol. The summed E-state index contributed by atoms with van der Waals surface area (Å²) in [5, 5.41) is 10.8. The van der Waals surface area contributed by atoms with E-state index in [9.17, 15) is 14.4 Å². The van der Waals surface area contributed by atoms with Crippen molar-refractivity contribution < 1.29 is 19.5 Å². The molecule has 1 amide bonds. The summed E-state index contributed by atoms with van der Waals surface area (Å²) >= 11 is 0. The van der Waals surface area contributed by atoms with E-state index in [1.807, 2.05) is 0 Å². The molecule has 0 radical (unpaired) electrons. The van der Waals surface area contributed by atoms with Gasteiger partial charge < -0.3 is 10.4 Å². The van der Waals surface area contributed by atoms with E-state index < -0.39 is 12.0 Å². The van der Waals surface area contributed by atoms with Crippen LogP contribution in [0.5, 0.6) is 0 Å². The Hall–Kier alpha value is -1.83. The summed E-state index contributed by atoms with van der Waals surface area (Å²) in [5.41, 5.74) is 0. The third kappa shape index (κ3) is 6.60. The highest BCUT2D eigenvalue weighted by molar-refractivity contribution is 5.87. The third-order valence-electron chi connectivity index (χ3n) is 1.94. The maximum atomic E-state index is 11.3. The summed E-state index contributed by atoms with van der Waals surface area (Å²) < 4.78 is 0. The lowest BCUT2D eigenvalue weighted by Crippen LogP contribution is -2.39. The first kappa shape index (κ1) is 14.2. The minimum Gasteiger partial charge on any atom is -0.481 e. The number of Topliss-reactive ketones (excluding diaryl/α,β-unsaturated/α-hetero) is 1. The van der Waals surface area contributed by atoms with Crippen molar-refractivity contribution in [3.63, 3.8) is 0 Å². The Bertz CT molecular complexity index is 316. The highest BCUT2D eigenvalue weighted by Gasteiger charge is 2.15. The number of hydrogen-bond acceptors (Lipinski definition) is 3. The van der Waals surface area contributed by atoms with Crippen molar-refractivity contribution in [2.45, 2.75) is 38.6 Å². The zero-order valence-corrected chi connectivity index (χ0v) is 9.16. The summed E-state index contributed by atoms with van der Waals surface area (Å²) in [4.78, 5) is 32.5. The Morgan fingerprint density at radius 2 is 2.00 bits per heavy atom. The first-order chi connectivity index (χ1) is 7.47. The van der Waals surface area contributed by atoms with Crippen LogP contribution in [0.1, 0.15) is 32.6 Å². The molecule has 0 heterocycles.